The third kappa shape index (κ3) is 4.02. The SMILES string of the molecule is COS(=O)(=O)[O-].Cc1cnc2ccccc2[n+]1C. The van der Waals surface area contributed by atoms with Crippen molar-refractivity contribution >= 4 is 21.4 Å². The predicted molar refractivity (Wildman–Crippen MR) is 64.4 cm³/mol. The van der Waals surface area contributed by atoms with E-state index in [-0.39, 0.29) is 0 Å². The first kappa shape index (κ1) is 14.5. The van der Waals surface area contributed by atoms with Gasteiger partial charge in [-0.2, -0.15) is 4.57 Å². The Morgan fingerprint density at radius 2 is 1.89 bits per heavy atom. The number of rotatable bonds is 1. The molecule has 0 aliphatic rings. The van der Waals surface area contributed by atoms with Crippen molar-refractivity contribution in [3.8, 4) is 0 Å². The van der Waals surface area contributed by atoms with E-state index < -0.39 is 10.4 Å². The van der Waals surface area contributed by atoms with Gasteiger partial charge in [-0.05, 0) is 6.07 Å². The van der Waals surface area contributed by atoms with Crippen LogP contribution in [-0.2, 0) is 21.6 Å². The molecule has 7 heteroatoms. The fourth-order valence-corrected chi connectivity index (χ4v) is 1.30. The van der Waals surface area contributed by atoms with Gasteiger partial charge in [0.25, 0.3) is 0 Å². The van der Waals surface area contributed by atoms with Crippen molar-refractivity contribution in [2.75, 3.05) is 7.11 Å². The molecule has 2 aromatic rings. The average Bonchev–Trinajstić information content (AvgIpc) is 2.34. The third-order valence-corrected chi connectivity index (χ3v) is 2.77. The first-order chi connectivity index (χ1) is 8.35. The zero-order chi connectivity index (χ0) is 13.8. The zero-order valence-electron chi connectivity index (χ0n) is 10.3. The summed E-state index contributed by atoms with van der Waals surface area (Å²) in [7, 11) is -1.55. The molecule has 0 spiro atoms. The highest BCUT2D eigenvalue weighted by Gasteiger charge is 2.06. The van der Waals surface area contributed by atoms with Gasteiger partial charge in [0.05, 0.1) is 13.3 Å². The van der Waals surface area contributed by atoms with Gasteiger partial charge in [-0.15, -0.1) is 0 Å². The summed E-state index contributed by atoms with van der Waals surface area (Å²) in [6.45, 7) is 2.06. The van der Waals surface area contributed by atoms with E-state index in [1.165, 1.54) is 11.2 Å². The van der Waals surface area contributed by atoms with Crippen molar-refractivity contribution in [2.45, 2.75) is 6.92 Å². The highest BCUT2D eigenvalue weighted by molar-refractivity contribution is 7.80. The monoisotopic (exact) mass is 270 g/mol. The van der Waals surface area contributed by atoms with Gasteiger partial charge >= 0.3 is 0 Å². The van der Waals surface area contributed by atoms with Crippen molar-refractivity contribution in [3.05, 3.63) is 36.2 Å². The summed E-state index contributed by atoms with van der Waals surface area (Å²) < 4.78 is 33.2. The largest absolute Gasteiger partial charge is 0.726 e. The molecule has 0 bridgehead atoms. The molecule has 0 N–H and O–H groups in total. The van der Waals surface area contributed by atoms with Crippen LogP contribution < -0.4 is 4.57 Å². The fourth-order valence-electron chi connectivity index (χ4n) is 1.30. The molecule has 0 aliphatic carbocycles. The second-order valence-corrected chi connectivity index (χ2v) is 4.67. The molecule has 1 heterocycles. The van der Waals surface area contributed by atoms with Gasteiger partial charge in [0.15, 0.2) is 5.69 Å². The lowest BCUT2D eigenvalue weighted by atomic mass is 10.3. The maximum Gasteiger partial charge on any atom is 0.231 e. The Kier molecular flexibility index (Phi) is 4.71. The van der Waals surface area contributed by atoms with Gasteiger partial charge in [0, 0.05) is 13.0 Å². The lowest BCUT2D eigenvalue weighted by Gasteiger charge is -1.98. The van der Waals surface area contributed by atoms with Crippen LogP contribution in [0.1, 0.15) is 5.69 Å². The number of hydrogen-bond donors (Lipinski definition) is 0. The molecule has 0 unspecified atom stereocenters. The molecule has 2 rings (SSSR count). The van der Waals surface area contributed by atoms with E-state index in [1.54, 1.807) is 0 Å². The van der Waals surface area contributed by atoms with Crippen LogP contribution in [0.2, 0.25) is 0 Å². The molecule has 0 amide bonds. The summed E-state index contributed by atoms with van der Waals surface area (Å²) in [5, 5.41) is 0. The van der Waals surface area contributed by atoms with Crippen LogP contribution in [0.3, 0.4) is 0 Å². The van der Waals surface area contributed by atoms with Crippen molar-refractivity contribution < 1.29 is 21.7 Å². The number of aryl methyl sites for hydroxylation is 2. The Morgan fingerprint density at radius 3 is 2.44 bits per heavy atom. The van der Waals surface area contributed by atoms with Crippen LogP contribution in [0.15, 0.2) is 30.5 Å². The lowest BCUT2D eigenvalue weighted by Crippen LogP contribution is -2.32. The van der Waals surface area contributed by atoms with Crippen LogP contribution in [-0.4, -0.2) is 25.1 Å². The minimum absolute atomic E-state index is 0.808. The molecule has 1 aromatic carbocycles. The summed E-state index contributed by atoms with van der Waals surface area (Å²) in [5.41, 5.74) is 3.40. The standard InChI is InChI=1S/C10H11N2.CH4O4S/c1-8-7-11-9-5-3-4-6-10(9)12(8)2;1-5-6(2,3)4/h3-7H,1-2H3;1H3,(H,2,3,4)/q+1;/p-1. The maximum atomic E-state index is 9.22. The average molecular weight is 270 g/mol. The fraction of sp³-hybridized carbons (Fsp3) is 0.273. The van der Waals surface area contributed by atoms with Gasteiger partial charge in [-0.25, -0.2) is 13.4 Å². The summed E-state index contributed by atoms with van der Waals surface area (Å²) in [4.78, 5) is 4.32. The van der Waals surface area contributed by atoms with Crippen molar-refractivity contribution in [1.29, 1.82) is 0 Å². The van der Waals surface area contributed by atoms with Gasteiger partial charge < -0.3 is 4.55 Å². The molecular formula is C11H14N2O4S. The number of benzene rings is 1. The normalized spacial score (nSPS) is 10.9. The number of hydrogen-bond acceptors (Lipinski definition) is 5. The topological polar surface area (TPSA) is 83.2 Å². The molecule has 0 saturated carbocycles. The second kappa shape index (κ2) is 5.85. The van der Waals surface area contributed by atoms with Crippen LogP contribution in [0.5, 0.6) is 0 Å². The highest BCUT2D eigenvalue weighted by Crippen LogP contribution is 2.05. The van der Waals surface area contributed by atoms with Crippen LogP contribution >= 0.6 is 0 Å². The number of para-hydroxylation sites is 2. The Morgan fingerprint density at radius 1 is 1.33 bits per heavy atom. The number of aromatic nitrogens is 2. The van der Waals surface area contributed by atoms with Gasteiger partial charge in [0.1, 0.15) is 12.6 Å². The highest BCUT2D eigenvalue weighted by atomic mass is 32.3. The van der Waals surface area contributed by atoms with E-state index in [1.807, 2.05) is 24.4 Å². The Labute approximate surface area is 106 Å². The molecule has 0 saturated heterocycles. The third-order valence-electron chi connectivity index (χ3n) is 2.37. The summed E-state index contributed by atoms with van der Waals surface area (Å²) in [5.74, 6) is 0. The van der Waals surface area contributed by atoms with E-state index in [0.29, 0.717) is 0 Å². The van der Waals surface area contributed by atoms with Gasteiger partial charge in [0.2, 0.25) is 15.9 Å². The van der Waals surface area contributed by atoms with E-state index in [9.17, 15) is 13.0 Å². The Bertz CT molecular complexity index is 641. The molecule has 0 aliphatic heterocycles. The minimum Gasteiger partial charge on any atom is -0.726 e. The molecule has 98 valence electrons. The van der Waals surface area contributed by atoms with Crippen LogP contribution in [0, 0.1) is 6.92 Å². The van der Waals surface area contributed by atoms with Crippen molar-refractivity contribution in [1.82, 2.24) is 4.98 Å². The van der Waals surface area contributed by atoms with Gasteiger partial charge in [-0.1, -0.05) is 12.1 Å². The van der Waals surface area contributed by atoms with E-state index in [4.69, 9.17) is 0 Å². The van der Waals surface area contributed by atoms with Crippen LogP contribution in [0.25, 0.3) is 11.0 Å². The number of fused-ring (bicyclic) bond motifs is 1. The quantitative estimate of drug-likeness (QED) is 0.427. The van der Waals surface area contributed by atoms with E-state index in [2.05, 4.69) is 33.8 Å². The van der Waals surface area contributed by atoms with Crippen LogP contribution in [0.4, 0.5) is 0 Å². The molecule has 0 radical (unpaired) electrons. The lowest BCUT2D eigenvalue weighted by molar-refractivity contribution is -0.651. The van der Waals surface area contributed by atoms with Gasteiger partial charge in [-0.3, -0.25) is 4.18 Å². The number of nitrogens with zero attached hydrogens (tertiary/aromatic N) is 2. The Balaban J connectivity index is 0.000000232. The summed E-state index contributed by atoms with van der Waals surface area (Å²) >= 11 is 0. The molecule has 6 nitrogen and oxygen atoms in total. The molecule has 0 fully saturated rings. The maximum absolute atomic E-state index is 9.22. The first-order valence-corrected chi connectivity index (χ1v) is 6.40. The predicted octanol–water partition coefficient (Wildman–Crippen LogP) is 0.461. The summed E-state index contributed by atoms with van der Waals surface area (Å²) in [6, 6.07) is 8.14. The van der Waals surface area contributed by atoms with Crippen molar-refractivity contribution in [2.24, 2.45) is 7.05 Å². The Hall–Kier alpha value is -1.57. The first-order valence-electron chi connectivity index (χ1n) is 5.07. The smallest absolute Gasteiger partial charge is 0.231 e. The molecule has 1 aromatic heterocycles. The van der Waals surface area contributed by atoms with E-state index >= 15 is 0 Å². The van der Waals surface area contributed by atoms with Crippen molar-refractivity contribution in [3.63, 3.8) is 0 Å². The minimum atomic E-state index is -4.41. The van der Waals surface area contributed by atoms with E-state index in [0.717, 1.165) is 12.6 Å². The molecule has 18 heavy (non-hydrogen) atoms. The molecular weight excluding hydrogens is 256 g/mol. The second-order valence-electron chi connectivity index (χ2n) is 3.52. The summed E-state index contributed by atoms with van der Waals surface area (Å²) in [6.07, 6.45) is 1.89. The zero-order valence-corrected chi connectivity index (χ0v) is 11.1. The molecule has 0 atom stereocenters.